The van der Waals surface area contributed by atoms with E-state index in [1.807, 2.05) is 0 Å². The third-order valence-electron chi connectivity index (χ3n) is 12.2. The average molecular weight is 873 g/mol. The van der Waals surface area contributed by atoms with Gasteiger partial charge in [-0.3, -0.25) is 14.4 Å². The van der Waals surface area contributed by atoms with E-state index in [0.717, 1.165) is 77.0 Å². The Morgan fingerprint density at radius 3 is 0.919 bits per heavy atom. The number of rotatable bonds is 50. The van der Waals surface area contributed by atoms with Gasteiger partial charge in [0.1, 0.15) is 13.2 Å². The Kier molecular flexibility index (Phi) is 49.8. The summed E-state index contributed by atoms with van der Waals surface area (Å²) in [7, 11) is 0. The lowest BCUT2D eigenvalue weighted by Crippen LogP contribution is -2.30. The summed E-state index contributed by atoms with van der Waals surface area (Å²) in [6, 6.07) is 0. The van der Waals surface area contributed by atoms with E-state index in [0.29, 0.717) is 19.3 Å². The number of hydrogen-bond donors (Lipinski definition) is 0. The first kappa shape index (κ1) is 59.9. The van der Waals surface area contributed by atoms with Crippen LogP contribution >= 0.6 is 0 Å². The molecule has 0 heterocycles. The molecule has 0 bridgehead atoms. The van der Waals surface area contributed by atoms with Crippen molar-refractivity contribution in [3.8, 4) is 0 Å². The van der Waals surface area contributed by atoms with Crippen LogP contribution in [0.25, 0.3) is 0 Å². The van der Waals surface area contributed by atoms with Gasteiger partial charge >= 0.3 is 17.9 Å². The van der Waals surface area contributed by atoms with Crippen LogP contribution in [0, 0.1) is 0 Å². The topological polar surface area (TPSA) is 78.9 Å². The maximum Gasteiger partial charge on any atom is 0.306 e. The molecular formula is C56H104O6. The lowest BCUT2D eigenvalue weighted by molar-refractivity contribution is -0.167. The predicted octanol–water partition coefficient (Wildman–Crippen LogP) is 17.9. The average Bonchev–Trinajstić information content (AvgIpc) is 3.27. The van der Waals surface area contributed by atoms with E-state index in [1.54, 1.807) is 0 Å². The van der Waals surface area contributed by atoms with Crippen molar-refractivity contribution in [2.75, 3.05) is 13.2 Å². The van der Waals surface area contributed by atoms with E-state index in [9.17, 15) is 14.4 Å². The molecule has 0 aromatic heterocycles. The third-order valence-corrected chi connectivity index (χ3v) is 12.2. The van der Waals surface area contributed by atoms with Gasteiger partial charge in [0, 0.05) is 19.3 Å². The van der Waals surface area contributed by atoms with Gasteiger partial charge in [-0.15, -0.1) is 0 Å². The molecule has 0 radical (unpaired) electrons. The summed E-state index contributed by atoms with van der Waals surface area (Å²) in [5.74, 6) is -0.869. The Morgan fingerprint density at radius 2 is 0.581 bits per heavy atom. The van der Waals surface area contributed by atoms with E-state index in [-0.39, 0.29) is 31.1 Å². The molecule has 0 aliphatic heterocycles. The van der Waals surface area contributed by atoms with E-state index >= 15 is 0 Å². The van der Waals surface area contributed by atoms with Crippen LogP contribution in [0.4, 0.5) is 0 Å². The molecule has 6 nitrogen and oxygen atoms in total. The van der Waals surface area contributed by atoms with Gasteiger partial charge in [0.05, 0.1) is 0 Å². The molecule has 0 rings (SSSR count). The van der Waals surface area contributed by atoms with Crippen molar-refractivity contribution < 1.29 is 28.6 Å². The second kappa shape index (κ2) is 51.5. The largest absolute Gasteiger partial charge is 0.462 e. The molecule has 0 saturated carbocycles. The van der Waals surface area contributed by atoms with Crippen LogP contribution in [0.1, 0.15) is 297 Å². The molecule has 0 saturated heterocycles. The summed E-state index contributed by atoms with van der Waals surface area (Å²) >= 11 is 0. The summed E-state index contributed by atoms with van der Waals surface area (Å²) in [6.07, 6.45) is 58.8. The van der Waals surface area contributed by atoms with Crippen LogP contribution in [0.15, 0.2) is 24.3 Å². The minimum Gasteiger partial charge on any atom is -0.462 e. The fourth-order valence-corrected chi connectivity index (χ4v) is 8.06. The van der Waals surface area contributed by atoms with Gasteiger partial charge in [-0.2, -0.15) is 0 Å². The van der Waals surface area contributed by atoms with Crippen molar-refractivity contribution >= 4 is 17.9 Å². The Bertz CT molecular complexity index is 1000. The molecule has 0 aliphatic rings. The molecule has 0 aromatic rings. The molecule has 0 N–H and O–H groups in total. The maximum absolute atomic E-state index is 12.8. The van der Waals surface area contributed by atoms with Crippen LogP contribution in [0.5, 0.6) is 0 Å². The van der Waals surface area contributed by atoms with E-state index in [4.69, 9.17) is 14.2 Å². The van der Waals surface area contributed by atoms with Crippen LogP contribution in [-0.2, 0) is 28.6 Å². The van der Waals surface area contributed by atoms with Crippen molar-refractivity contribution in [2.24, 2.45) is 0 Å². The SMILES string of the molecule is CCCCC/C=C\C/C=C\CCCCCCCC(=O)OC(COC(=O)CCCCCCCCCCCCC)COC(=O)CCCCCCCCCCCCCCCCCCCC. The normalized spacial score (nSPS) is 12.1. The molecule has 364 valence electrons. The maximum atomic E-state index is 12.8. The molecule has 6 heteroatoms. The summed E-state index contributed by atoms with van der Waals surface area (Å²) < 4.78 is 16.8. The molecule has 62 heavy (non-hydrogen) atoms. The smallest absolute Gasteiger partial charge is 0.306 e. The number of hydrogen-bond acceptors (Lipinski definition) is 6. The molecule has 0 aliphatic carbocycles. The summed E-state index contributed by atoms with van der Waals surface area (Å²) in [5.41, 5.74) is 0. The van der Waals surface area contributed by atoms with E-state index in [1.165, 1.54) is 180 Å². The fraction of sp³-hybridized carbons (Fsp3) is 0.875. The van der Waals surface area contributed by atoms with Gasteiger partial charge in [0.15, 0.2) is 6.10 Å². The molecule has 0 fully saturated rings. The molecular weight excluding hydrogens is 769 g/mol. The van der Waals surface area contributed by atoms with Crippen LogP contribution in [0.2, 0.25) is 0 Å². The summed E-state index contributed by atoms with van der Waals surface area (Å²) in [4.78, 5) is 38.0. The van der Waals surface area contributed by atoms with Gasteiger partial charge in [-0.05, 0) is 51.4 Å². The van der Waals surface area contributed by atoms with Crippen molar-refractivity contribution in [1.29, 1.82) is 0 Å². The lowest BCUT2D eigenvalue weighted by atomic mass is 10.0. The Balaban J connectivity index is 4.31. The molecule has 0 amide bonds. The molecule has 0 aromatic carbocycles. The van der Waals surface area contributed by atoms with Crippen molar-refractivity contribution in [1.82, 2.24) is 0 Å². The first-order valence-corrected chi connectivity index (χ1v) is 27.3. The zero-order chi connectivity index (χ0) is 45.1. The molecule has 1 unspecified atom stereocenters. The van der Waals surface area contributed by atoms with Gasteiger partial charge < -0.3 is 14.2 Å². The highest BCUT2D eigenvalue weighted by molar-refractivity contribution is 5.71. The second-order valence-electron chi connectivity index (χ2n) is 18.5. The van der Waals surface area contributed by atoms with E-state index < -0.39 is 6.10 Å². The lowest BCUT2D eigenvalue weighted by Gasteiger charge is -2.18. The number of allylic oxidation sites excluding steroid dienone is 4. The highest BCUT2D eigenvalue weighted by atomic mass is 16.6. The fourth-order valence-electron chi connectivity index (χ4n) is 8.06. The second-order valence-corrected chi connectivity index (χ2v) is 18.5. The minimum absolute atomic E-state index is 0.0719. The van der Waals surface area contributed by atoms with Crippen LogP contribution in [0.3, 0.4) is 0 Å². The third kappa shape index (κ3) is 48.9. The van der Waals surface area contributed by atoms with Gasteiger partial charge in [0.2, 0.25) is 0 Å². The predicted molar refractivity (Wildman–Crippen MR) is 266 cm³/mol. The number of carbonyl (C=O) groups is 3. The van der Waals surface area contributed by atoms with Crippen LogP contribution in [-0.4, -0.2) is 37.2 Å². The monoisotopic (exact) mass is 873 g/mol. The molecule has 1 atom stereocenters. The van der Waals surface area contributed by atoms with Gasteiger partial charge in [0.25, 0.3) is 0 Å². The van der Waals surface area contributed by atoms with Gasteiger partial charge in [-0.25, -0.2) is 0 Å². The number of carbonyl (C=O) groups excluding carboxylic acids is 3. The van der Waals surface area contributed by atoms with Crippen molar-refractivity contribution in [2.45, 2.75) is 303 Å². The highest BCUT2D eigenvalue weighted by Gasteiger charge is 2.19. The first-order valence-electron chi connectivity index (χ1n) is 27.3. The van der Waals surface area contributed by atoms with Gasteiger partial charge in [-0.1, -0.05) is 251 Å². The van der Waals surface area contributed by atoms with Crippen molar-refractivity contribution in [3.05, 3.63) is 24.3 Å². The quantitative estimate of drug-likeness (QED) is 0.0262. The Morgan fingerprint density at radius 1 is 0.323 bits per heavy atom. The van der Waals surface area contributed by atoms with Crippen LogP contribution < -0.4 is 0 Å². The Labute approximate surface area is 385 Å². The summed E-state index contributed by atoms with van der Waals surface area (Å²) in [5, 5.41) is 0. The zero-order valence-electron chi connectivity index (χ0n) is 41.7. The first-order chi connectivity index (χ1) is 30.5. The zero-order valence-corrected chi connectivity index (χ0v) is 41.7. The number of unbranched alkanes of at least 4 members (excludes halogenated alkanes) is 35. The Hall–Kier alpha value is -2.11. The standard InChI is InChI=1S/C56H104O6/c1-4-7-10-13-16-19-22-24-26-27-28-30-31-34-37-40-43-46-49-55(58)61-52-53(51-60-54(57)48-45-42-39-36-33-21-18-15-12-9-6-3)62-56(59)50-47-44-41-38-35-32-29-25-23-20-17-14-11-8-5-2/h17,20,25,29,53H,4-16,18-19,21-24,26-28,30-52H2,1-3H3/b20-17-,29-25-. The number of esters is 3. The van der Waals surface area contributed by atoms with Crippen molar-refractivity contribution in [3.63, 3.8) is 0 Å². The van der Waals surface area contributed by atoms with E-state index in [2.05, 4.69) is 45.1 Å². The highest BCUT2D eigenvalue weighted by Crippen LogP contribution is 2.16. The number of ether oxygens (including phenoxy) is 3. The summed E-state index contributed by atoms with van der Waals surface area (Å²) in [6.45, 7) is 6.63. The minimum atomic E-state index is -0.772. The molecule has 0 spiro atoms.